The number of carbonyl (C=O) groups excluding carboxylic acids is 1. The molecule has 0 aliphatic carbocycles. The first kappa shape index (κ1) is 18.6. The van der Waals surface area contributed by atoms with Gasteiger partial charge in [-0.2, -0.15) is 0 Å². The number of carbonyl (C=O) groups is 1. The van der Waals surface area contributed by atoms with Gasteiger partial charge in [0, 0.05) is 29.4 Å². The molecule has 26 heavy (non-hydrogen) atoms. The normalized spacial score (nSPS) is 20.1. The van der Waals surface area contributed by atoms with Crippen molar-refractivity contribution in [2.45, 2.75) is 27.2 Å². The number of aryl methyl sites for hydroxylation is 1. The molecule has 1 fully saturated rings. The molecular weight excluding hydrogens is 346 g/mol. The lowest BCUT2D eigenvalue weighted by molar-refractivity contribution is 0.102. The number of nitrogens with one attached hydrogen (secondary N) is 1. The number of halogens is 1. The molecular formula is C21H26ClN3O. The second-order valence-corrected chi connectivity index (χ2v) is 7.98. The Morgan fingerprint density at radius 1 is 1.19 bits per heavy atom. The van der Waals surface area contributed by atoms with Crippen LogP contribution in [-0.2, 0) is 0 Å². The summed E-state index contributed by atoms with van der Waals surface area (Å²) in [6.45, 7) is 8.69. The van der Waals surface area contributed by atoms with Crippen molar-refractivity contribution in [3.8, 4) is 0 Å². The average Bonchev–Trinajstić information content (AvgIpc) is 2.56. The molecule has 4 nitrogen and oxygen atoms in total. The zero-order chi connectivity index (χ0) is 18.8. The monoisotopic (exact) mass is 371 g/mol. The Morgan fingerprint density at radius 2 is 1.88 bits per heavy atom. The van der Waals surface area contributed by atoms with E-state index in [9.17, 15) is 4.79 Å². The molecule has 0 unspecified atom stereocenters. The summed E-state index contributed by atoms with van der Waals surface area (Å²) in [6, 6.07) is 10.8. The third kappa shape index (κ3) is 4.13. The van der Waals surface area contributed by atoms with Crippen molar-refractivity contribution < 1.29 is 4.79 Å². The predicted molar refractivity (Wildman–Crippen MR) is 110 cm³/mol. The molecule has 1 heterocycles. The van der Waals surface area contributed by atoms with Crippen molar-refractivity contribution >= 4 is 34.6 Å². The molecule has 1 amide bonds. The summed E-state index contributed by atoms with van der Waals surface area (Å²) < 4.78 is 0. The van der Waals surface area contributed by atoms with Crippen LogP contribution in [0.2, 0.25) is 5.02 Å². The number of nitrogens with zero attached hydrogens (tertiary/aromatic N) is 1. The van der Waals surface area contributed by atoms with Crippen LogP contribution in [0.5, 0.6) is 0 Å². The van der Waals surface area contributed by atoms with Crippen molar-refractivity contribution in [3.63, 3.8) is 0 Å². The van der Waals surface area contributed by atoms with E-state index in [2.05, 4.69) is 31.0 Å². The van der Waals surface area contributed by atoms with Crippen molar-refractivity contribution in [2.75, 3.05) is 29.0 Å². The van der Waals surface area contributed by atoms with E-state index in [1.807, 2.05) is 12.1 Å². The molecule has 0 aromatic heterocycles. The maximum absolute atomic E-state index is 12.6. The number of benzene rings is 2. The van der Waals surface area contributed by atoms with Crippen LogP contribution in [0.3, 0.4) is 0 Å². The van der Waals surface area contributed by atoms with E-state index < -0.39 is 0 Å². The predicted octanol–water partition coefficient (Wildman–Crippen LogP) is 4.97. The van der Waals surface area contributed by atoms with Gasteiger partial charge in [0.25, 0.3) is 5.91 Å². The van der Waals surface area contributed by atoms with Gasteiger partial charge in [0.1, 0.15) is 0 Å². The summed E-state index contributed by atoms with van der Waals surface area (Å²) >= 11 is 5.99. The smallest absolute Gasteiger partial charge is 0.255 e. The third-order valence-electron chi connectivity index (χ3n) is 4.91. The summed E-state index contributed by atoms with van der Waals surface area (Å²) in [5, 5.41) is 3.47. The number of hydrogen-bond acceptors (Lipinski definition) is 3. The Bertz CT molecular complexity index is 811. The largest absolute Gasteiger partial charge is 0.397 e. The van der Waals surface area contributed by atoms with E-state index in [-0.39, 0.29) is 5.91 Å². The van der Waals surface area contributed by atoms with E-state index >= 15 is 0 Å². The number of hydrogen-bond donors (Lipinski definition) is 2. The Balaban J connectivity index is 1.87. The van der Waals surface area contributed by atoms with Crippen molar-refractivity contribution in [1.29, 1.82) is 0 Å². The van der Waals surface area contributed by atoms with E-state index in [0.29, 0.717) is 33.8 Å². The second-order valence-electron chi connectivity index (χ2n) is 7.54. The number of rotatable bonds is 3. The van der Waals surface area contributed by atoms with Crippen LogP contribution in [0.4, 0.5) is 17.1 Å². The fourth-order valence-corrected chi connectivity index (χ4v) is 4.04. The molecule has 2 atom stereocenters. The first-order valence-electron chi connectivity index (χ1n) is 9.05. The zero-order valence-electron chi connectivity index (χ0n) is 15.6. The van der Waals surface area contributed by atoms with Crippen LogP contribution in [0, 0.1) is 18.8 Å². The number of piperidine rings is 1. The van der Waals surface area contributed by atoms with Crippen LogP contribution in [-0.4, -0.2) is 19.0 Å². The first-order chi connectivity index (χ1) is 12.3. The van der Waals surface area contributed by atoms with E-state index in [1.165, 1.54) is 6.42 Å². The number of anilines is 3. The molecule has 0 radical (unpaired) electrons. The van der Waals surface area contributed by atoms with Gasteiger partial charge in [-0.3, -0.25) is 4.79 Å². The molecule has 5 heteroatoms. The van der Waals surface area contributed by atoms with E-state index in [0.717, 1.165) is 24.3 Å². The molecule has 0 bridgehead atoms. The van der Waals surface area contributed by atoms with Gasteiger partial charge in [-0.05, 0) is 61.1 Å². The Morgan fingerprint density at radius 3 is 2.54 bits per heavy atom. The van der Waals surface area contributed by atoms with Crippen LogP contribution >= 0.6 is 11.6 Å². The molecule has 2 aromatic rings. The molecule has 138 valence electrons. The summed E-state index contributed by atoms with van der Waals surface area (Å²) in [6.07, 6.45) is 1.25. The molecule has 1 aliphatic rings. The minimum Gasteiger partial charge on any atom is -0.397 e. The lowest BCUT2D eigenvalue weighted by atomic mass is 9.91. The van der Waals surface area contributed by atoms with Crippen LogP contribution in [0.25, 0.3) is 0 Å². The van der Waals surface area contributed by atoms with E-state index in [4.69, 9.17) is 17.3 Å². The van der Waals surface area contributed by atoms with Crippen LogP contribution in [0.1, 0.15) is 36.2 Å². The maximum Gasteiger partial charge on any atom is 0.255 e. The highest BCUT2D eigenvalue weighted by molar-refractivity contribution is 6.31. The minimum atomic E-state index is -0.214. The van der Waals surface area contributed by atoms with Gasteiger partial charge in [-0.25, -0.2) is 0 Å². The fraction of sp³-hybridized carbons (Fsp3) is 0.381. The average molecular weight is 372 g/mol. The lowest BCUT2D eigenvalue weighted by Crippen LogP contribution is -2.39. The first-order valence-corrected chi connectivity index (χ1v) is 9.43. The molecule has 0 saturated carbocycles. The summed E-state index contributed by atoms with van der Waals surface area (Å²) in [7, 11) is 0. The minimum absolute atomic E-state index is 0.214. The SMILES string of the molecule is Cc1cc(N)c(NC(=O)c2cccc(Cl)c2)cc1N1C[C@@H](C)C[C@H](C)C1. The van der Waals surface area contributed by atoms with Crippen molar-refractivity contribution in [3.05, 3.63) is 52.5 Å². The number of amides is 1. The highest BCUT2D eigenvalue weighted by atomic mass is 35.5. The molecule has 3 rings (SSSR count). The summed E-state index contributed by atoms with van der Waals surface area (Å²) in [5.41, 5.74) is 10.2. The number of nitrogen functional groups attached to an aromatic ring is 1. The Kier molecular flexibility index (Phi) is 5.42. The van der Waals surface area contributed by atoms with Gasteiger partial charge in [0.05, 0.1) is 11.4 Å². The molecule has 0 spiro atoms. The topological polar surface area (TPSA) is 58.4 Å². The Labute approximate surface area is 160 Å². The highest BCUT2D eigenvalue weighted by Gasteiger charge is 2.24. The maximum atomic E-state index is 12.6. The van der Waals surface area contributed by atoms with E-state index in [1.54, 1.807) is 24.3 Å². The lowest BCUT2D eigenvalue weighted by Gasteiger charge is -2.37. The summed E-state index contributed by atoms with van der Waals surface area (Å²) in [5.74, 6) is 1.09. The molecule has 1 aliphatic heterocycles. The molecule has 1 saturated heterocycles. The Hall–Kier alpha value is -2.20. The number of nitrogens with two attached hydrogens (primary N) is 1. The summed E-state index contributed by atoms with van der Waals surface area (Å²) in [4.78, 5) is 15.0. The third-order valence-corrected chi connectivity index (χ3v) is 5.15. The van der Waals surface area contributed by atoms with Crippen LogP contribution < -0.4 is 16.0 Å². The zero-order valence-corrected chi connectivity index (χ0v) is 16.3. The van der Waals surface area contributed by atoms with Crippen molar-refractivity contribution in [2.24, 2.45) is 11.8 Å². The second kappa shape index (κ2) is 7.58. The fourth-order valence-electron chi connectivity index (χ4n) is 3.85. The standard InChI is InChI=1S/C21H26ClN3O/c1-13-7-14(2)12-25(11-13)20-10-19(18(23)8-15(20)3)24-21(26)16-5-4-6-17(22)9-16/h4-6,8-10,13-14H,7,11-12,23H2,1-3H3,(H,24,26)/t13-,14-/m0/s1. The van der Waals surface area contributed by atoms with Gasteiger partial charge in [-0.1, -0.05) is 31.5 Å². The quantitative estimate of drug-likeness (QED) is 0.749. The van der Waals surface area contributed by atoms with Gasteiger partial charge < -0.3 is 16.0 Å². The van der Waals surface area contributed by atoms with Gasteiger partial charge in [-0.15, -0.1) is 0 Å². The highest BCUT2D eigenvalue weighted by Crippen LogP contribution is 2.33. The molecule has 2 aromatic carbocycles. The van der Waals surface area contributed by atoms with Gasteiger partial charge >= 0.3 is 0 Å². The van der Waals surface area contributed by atoms with Crippen molar-refractivity contribution in [1.82, 2.24) is 0 Å². The van der Waals surface area contributed by atoms with Gasteiger partial charge in [0.15, 0.2) is 0 Å². The molecule has 3 N–H and O–H groups in total. The van der Waals surface area contributed by atoms with Gasteiger partial charge in [0.2, 0.25) is 0 Å². The van der Waals surface area contributed by atoms with Crippen LogP contribution in [0.15, 0.2) is 36.4 Å².